The highest BCUT2D eigenvalue weighted by Gasteiger charge is 2.47. The fraction of sp³-hybridized carbons (Fsp3) is 0.500. The van der Waals surface area contributed by atoms with Crippen LogP contribution in [0.25, 0.3) is 11.3 Å². The molecule has 7 nitrogen and oxygen atoms in total. The summed E-state index contributed by atoms with van der Waals surface area (Å²) in [5.74, 6) is 1.24. The van der Waals surface area contributed by atoms with E-state index in [4.69, 9.17) is 14.2 Å². The van der Waals surface area contributed by atoms with Crippen LogP contribution in [0.3, 0.4) is 0 Å². The molecule has 0 spiro atoms. The fourth-order valence-corrected chi connectivity index (χ4v) is 4.17. The third kappa shape index (κ3) is 3.54. The Hall–Kier alpha value is -2.35. The molecular formula is C22H27NO6. The van der Waals surface area contributed by atoms with Crippen molar-refractivity contribution in [1.29, 1.82) is 0 Å². The molecule has 1 aliphatic heterocycles. The van der Waals surface area contributed by atoms with Crippen molar-refractivity contribution in [3.8, 4) is 22.8 Å². The second kappa shape index (κ2) is 7.48. The standard InChI is InChI=1S/C22H27NO6/c1-22(4-5-22)20-9-13-8-19(29-7-6-27-2)18(28-3)10-14(13)16-11-17(24)15(21(25)26)12-23(16)20/h8,10-12,20-21,25-26H,4-7,9H2,1-3H3/t20-/m1/s1. The molecule has 2 aromatic rings. The highest BCUT2D eigenvalue weighted by Crippen LogP contribution is 2.57. The number of nitrogens with zero attached hydrogens (tertiary/aromatic N) is 1. The van der Waals surface area contributed by atoms with Crippen LogP contribution in [0.5, 0.6) is 11.5 Å². The van der Waals surface area contributed by atoms with Crippen molar-refractivity contribution in [3.05, 3.63) is 45.7 Å². The summed E-state index contributed by atoms with van der Waals surface area (Å²) in [5, 5.41) is 19.2. The van der Waals surface area contributed by atoms with Crippen LogP contribution in [-0.2, 0) is 11.2 Å². The molecule has 156 valence electrons. The molecule has 2 N–H and O–H groups in total. The molecule has 0 saturated heterocycles. The monoisotopic (exact) mass is 401 g/mol. The van der Waals surface area contributed by atoms with Gasteiger partial charge in [0.2, 0.25) is 0 Å². The number of hydrogen-bond donors (Lipinski definition) is 2. The summed E-state index contributed by atoms with van der Waals surface area (Å²) in [6.45, 7) is 3.13. The summed E-state index contributed by atoms with van der Waals surface area (Å²) in [6.07, 6.45) is 2.79. The molecule has 0 unspecified atom stereocenters. The first-order valence-corrected chi connectivity index (χ1v) is 9.83. The minimum atomic E-state index is -1.79. The van der Waals surface area contributed by atoms with Gasteiger partial charge in [-0.2, -0.15) is 0 Å². The maximum Gasteiger partial charge on any atom is 0.190 e. The molecule has 0 radical (unpaired) electrons. The fourth-order valence-electron chi connectivity index (χ4n) is 4.17. The number of ether oxygens (including phenoxy) is 3. The Morgan fingerprint density at radius 1 is 1.17 bits per heavy atom. The minimum Gasteiger partial charge on any atom is -0.493 e. The lowest BCUT2D eigenvalue weighted by Gasteiger charge is -2.35. The Balaban J connectivity index is 1.86. The number of hydrogen-bond acceptors (Lipinski definition) is 6. The molecule has 1 aliphatic carbocycles. The van der Waals surface area contributed by atoms with Gasteiger partial charge in [-0.05, 0) is 42.4 Å². The molecule has 1 aromatic heterocycles. The molecule has 29 heavy (non-hydrogen) atoms. The predicted octanol–water partition coefficient (Wildman–Crippen LogP) is 2.43. The van der Waals surface area contributed by atoms with Gasteiger partial charge in [-0.3, -0.25) is 4.79 Å². The van der Waals surface area contributed by atoms with E-state index >= 15 is 0 Å². The van der Waals surface area contributed by atoms with Crippen molar-refractivity contribution < 1.29 is 24.4 Å². The van der Waals surface area contributed by atoms with Gasteiger partial charge in [-0.15, -0.1) is 0 Å². The van der Waals surface area contributed by atoms with Gasteiger partial charge in [0.25, 0.3) is 0 Å². The average molecular weight is 401 g/mol. The van der Waals surface area contributed by atoms with Crippen LogP contribution in [0.1, 0.15) is 43.2 Å². The smallest absolute Gasteiger partial charge is 0.190 e. The normalized spacial score (nSPS) is 18.9. The summed E-state index contributed by atoms with van der Waals surface area (Å²) in [7, 11) is 3.21. The van der Waals surface area contributed by atoms with Crippen LogP contribution < -0.4 is 14.9 Å². The Bertz CT molecular complexity index is 976. The molecule has 1 aromatic carbocycles. The van der Waals surface area contributed by atoms with Crippen molar-refractivity contribution >= 4 is 0 Å². The Kier molecular flexibility index (Phi) is 5.14. The summed E-state index contributed by atoms with van der Waals surface area (Å²) >= 11 is 0. The molecule has 1 saturated carbocycles. The van der Waals surface area contributed by atoms with Gasteiger partial charge in [0.05, 0.1) is 25.0 Å². The Morgan fingerprint density at radius 2 is 1.93 bits per heavy atom. The van der Waals surface area contributed by atoms with Gasteiger partial charge in [0, 0.05) is 31.0 Å². The summed E-state index contributed by atoms with van der Waals surface area (Å²) in [4.78, 5) is 12.5. The van der Waals surface area contributed by atoms with E-state index in [1.54, 1.807) is 20.4 Å². The molecule has 1 fully saturated rings. The Labute approximate surface area is 169 Å². The van der Waals surface area contributed by atoms with Crippen molar-refractivity contribution in [2.45, 2.75) is 38.5 Å². The van der Waals surface area contributed by atoms with Gasteiger partial charge in [-0.1, -0.05) is 6.92 Å². The second-order valence-electron chi connectivity index (χ2n) is 8.13. The summed E-state index contributed by atoms with van der Waals surface area (Å²) in [5.41, 5.74) is 2.48. The molecule has 0 bridgehead atoms. The second-order valence-corrected chi connectivity index (χ2v) is 8.13. The first-order valence-electron chi connectivity index (χ1n) is 9.83. The molecule has 1 atom stereocenters. The van der Waals surface area contributed by atoms with E-state index in [1.165, 1.54) is 6.07 Å². The number of aromatic nitrogens is 1. The highest BCUT2D eigenvalue weighted by molar-refractivity contribution is 5.71. The largest absolute Gasteiger partial charge is 0.493 e. The summed E-state index contributed by atoms with van der Waals surface area (Å²) < 4.78 is 18.5. The highest BCUT2D eigenvalue weighted by atomic mass is 16.5. The number of aliphatic hydroxyl groups is 2. The third-order valence-electron chi connectivity index (χ3n) is 6.19. The number of benzene rings is 1. The minimum absolute atomic E-state index is 0.00191. The van der Waals surface area contributed by atoms with Crippen molar-refractivity contribution in [2.75, 3.05) is 27.4 Å². The lowest BCUT2D eigenvalue weighted by molar-refractivity contribution is -0.0438. The van der Waals surface area contributed by atoms with E-state index < -0.39 is 11.7 Å². The van der Waals surface area contributed by atoms with E-state index in [2.05, 4.69) is 6.92 Å². The van der Waals surface area contributed by atoms with Gasteiger partial charge in [0.1, 0.15) is 6.61 Å². The average Bonchev–Trinajstić information content (AvgIpc) is 3.44. The first kappa shape index (κ1) is 19.9. The van der Waals surface area contributed by atoms with Crippen molar-refractivity contribution in [3.63, 3.8) is 0 Å². The molecule has 4 rings (SSSR count). The van der Waals surface area contributed by atoms with Gasteiger partial charge < -0.3 is 29.0 Å². The van der Waals surface area contributed by atoms with Crippen LogP contribution >= 0.6 is 0 Å². The number of aliphatic hydroxyl groups excluding tert-OH is 1. The van der Waals surface area contributed by atoms with Crippen LogP contribution in [0.4, 0.5) is 0 Å². The van der Waals surface area contributed by atoms with Crippen LogP contribution in [0.15, 0.2) is 29.2 Å². The number of methoxy groups -OCH3 is 2. The van der Waals surface area contributed by atoms with Crippen LogP contribution in [0, 0.1) is 5.41 Å². The quantitative estimate of drug-likeness (QED) is 0.547. The molecular weight excluding hydrogens is 374 g/mol. The molecule has 2 aliphatic rings. The zero-order valence-electron chi connectivity index (χ0n) is 17.0. The Morgan fingerprint density at radius 3 is 2.55 bits per heavy atom. The number of fused-ring (bicyclic) bond motifs is 3. The van der Waals surface area contributed by atoms with Crippen LogP contribution in [-0.4, -0.2) is 42.2 Å². The third-order valence-corrected chi connectivity index (χ3v) is 6.19. The van der Waals surface area contributed by atoms with E-state index in [1.807, 2.05) is 16.7 Å². The zero-order chi connectivity index (χ0) is 20.8. The lowest BCUT2D eigenvalue weighted by Crippen LogP contribution is -2.29. The van der Waals surface area contributed by atoms with Gasteiger partial charge in [-0.25, -0.2) is 0 Å². The molecule has 7 heteroatoms. The SMILES string of the molecule is COCCOc1cc2c(cc1OC)-c1cc(=O)c(C(O)O)cn1[C@@H](C1(C)CC1)C2. The summed E-state index contributed by atoms with van der Waals surface area (Å²) in [6, 6.07) is 5.51. The number of rotatable bonds is 7. The van der Waals surface area contributed by atoms with E-state index in [0.29, 0.717) is 24.7 Å². The van der Waals surface area contributed by atoms with Crippen molar-refractivity contribution in [2.24, 2.45) is 5.41 Å². The van der Waals surface area contributed by atoms with Crippen molar-refractivity contribution in [1.82, 2.24) is 4.57 Å². The van der Waals surface area contributed by atoms with Gasteiger partial charge >= 0.3 is 0 Å². The number of pyridine rings is 1. The van der Waals surface area contributed by atoms with Gasteiger partial charge in [0.15, 0.2) is 23.2 Å². The molecule has 0 amide bonds. The topological polar surface area (TPSA) is 90.2 Å². The zero-order valence-corrected chi connectivity index (χ0v) is 17.0. The first-order chi connectivity index (χ1) is 13.9. The maximum atomic E-state index is 12.5. The molecule has 2 heterocycles. The van der Waals surface area contributed by atoms with Crippen LogP contribution in [0.2, 0.25) is 0 Å². The predicted molar refractivity (Wildman–Crippen MR) is 107 cm³/mol. The van der Waals surface area contributed by atoms with E-state index in [0.717, 1.165) is 36.1 Å². The maximum absolute atomic E-state index is 12.5. The lowest BCUT2D eigenvalue weighted by atomic mass is 9.84. The van der Waals surface area contributed by atoms with E-state index in [9.17, 15) is 15.0 Å². The van der Waals surface area contributed by atoms with E-state index in [-0.39, 0.29) is 17.0 Å².